The second-order valence-electron chi connectivity index (χ2n) is 5.86. The van der Waals surface area contributed by atoms with Gasteiger partial charge in [-0.1, -0.05) is 23.7 Å². The highest BCUT2D eigenvalue weighted by Crippen LogP contribution is 2.19. The summed E-state index contributed by atoms with van der Waals surface area (Å²) in [5, 5.41) is 3.79. The van der Waals surface area contributed by atoms with Gasteiger partial charge in [0.1, 0.15) is 5.75 Å². The number of aromatic amines is 1. The van der Waals surface area contributed by atoms with Crippen LogP contribution in [0.1, 0.15) is 23.7 Å². The lowest BCUT2D eigenvalue weighted by atomic mass is 10.1. The van der Waals surface area contributed by atoms with Crippen LogP contribution in [0.3, 0.4) is 0 Å². The van der Waals surface area contributed by atoms with Crippen molar-refractivity contribution in [2.45, 2.75) is 20.3 Å². The number of benzene rings is 2. The number of aryl methyl sites for hydroxylation is 1. The van der Waals surface area contributed by atoms with Gasteiger partial charge in [0, 0.05) is 22.7 Å². The van der Waals surface area contributed by atoms with Crippen molar-refractivity contribution in [1.29, 1.82) is 0 Å². The molecule has 0 spiro atoms. The highest BCUT2D eigenvalue weighted by Gasteiger charge is 2.09. The van der Waals surface area contributed by atoms with Crippen LogP contribution in [0.4, 0.5) is 11.6 Å². The second kappa shape index (κ2) is 8.06. The Labute approximate surface area is 157 Å². The molecule has 0 amide bonds. The standard InChI is InChI=1S/C20H20ClN3O2/c1-3-26-17-10-8-16(9-11-17)23-20-22-13(2)18(19(25)24-20)12-14-4-6-15(21)7-5-14/h4-11H,3,12H2,1-2H3,(H2,22,23,24,25). The molecule has 1 heterocycles. The molecule has 26 heavy (non-hydrogen) atoms. The van der Waals surface area contributed by atoms with Gasteiger partial charge in [-0.2, -0.15) is 0 Å². The van der Waals surface area contributed by atoms with Crippen LogP contribution in [0.2, 0.25) is 5.02 Å². The van der Waals surface area contributed by atoms with Gasteiger partial charge < -0.3 is 10.1 Å². The van der Waals surface area contributed by atoms with Crippen molar-refractivity contribution in [3.63, 3.8) is 0 Å². The summed E-state index contributed by atoms with van der Waals surface area (Å²) in [5.41, 5.74) is 3.01. The maximum Gasteiger partial charge on any atom is 0.256 e. The summed E-state index contributed by atoms with van der Waals surface area (Å²) in [6, 6.07) is 14.9. The third-order valence-electron chi connectivity index (χ3n) is 3.94. The Morgan fingerprint density at radius 2 is 1.81 bits per heavy atom. The zero-order valence-electron chi connectivity index (χ0n) is 14.7. The van der Waals surface area contributed by atoms with Crippen LogP contribution in [0.25, 0.3) is 0 Å². The number of halogens is 1. The number of nitrogens with zero attached hydrogens (tertiary/aromatic N) is 1. The second-order valence-corrected chi connectivity index (χ2v) is 6.30. The normalized spacial score (nSPS) is 10.6. The molecule has 0 saturated carbocycles. The van der Waals surface area contributed by atoms with E-state index in [9.17, 15) is 4.79 Å². The lowest BCUT2D eigenvalue weighted by molar-refractivity contribution is 0.340. The lowest BCUT2D eigenvalue weighted by Gasteiger charge is -2.10. The molecule has 2 aromatic carbocycles. The van der Waals surface area contributed by atoms with Crippen LogP contribution in [-0.2, 0) is 6.42 Å². The molecule has 5 nitrogen and oxygen atoms in total. The van der Waals surface area contributed by atoms with Gasteiger partial charge in [-0.25, -0.2) is 4.98 Å². The summed E-state index contributed by atoms with van der Waals surface area (Å²) >= 11 is 5.91. The summed E-state index contributed by atoms with van der Waals surface area (Å²) in [5.74, 6) is 1.21. The molecule has 0 aliphatic carbocycles. The summed E-state index contributed by atoms with van der Waals surface area (Å²) in [6.07, 6.45) is 0.509. The number of hydrogen-bond acceptors (Lipinski definition) is 4. The lowest BCUT2D eigenvalue weighted by Crippen LogP contribution is -2.18. The molecule has 0 saturated heterocycles. The van der Waals surface area contributed by atoms with Crippen LogP contribution in [0, 0.1) is 6.92 Å². The van der Waals surface area contributed by atoms with E-state index in [1.807, 2.05) is 62.4 Å². The molecule has 1 aromatic heterocycles. The van der Waals surface area contributed by atoms with Gasteiger partial charge in [0.25, 0.3) is 5.56 Å². The van der Waals surface area contributed by atoms with E-state index in [0.717, 1.165) is 17.0 Å². The largest absolute Gasteiger partial charge is 0.494 e. The van der Waals surface area contributed by atoms with Crippen LogP contribution < -0.4 is 15.6 Å². The number of hydrogen-bond donors (Lipinski definition) is 2. The maximum absolute atomic E-state index is 12.5. The predicted molar refractivity (Wildman–Crippen MR) is 105 cm³/mol. The topological polar surface area (TPSA) is 67.0 Å². The number of nitrogens with one attached hydrogen (secondary N) is 2. The van der Waals surface area contributed by atoms with Gasteiger partial charge in [-0.15, -0.1) is 0 Å². The first kappa shape index (κ1) is 18.0. The molecule has 6 heteroatoms. The van der Waals surface area contributed by atoms with E-state index in [1.54, 1.807) is 0 Å². The third kappa shape index (κ3) is 4.43. The van der Waals surface area contributed by atoms with Crippen molar-refractivity contribution in [3.05, 3.63) is 80.7 Å². The summed E-state index contributed by atoms with van der Waals surface area (Å²) in [4.78, 5) is 19.8. The predicted octanol–water partition coefficient (Wildman–Crippen LogP) is 4.46. The molecule has 3 rings (SSSR count). The molecule has 0 unspecified atom stereocenters. The summed E-state index contributed by atoms with van der Waals surface area (Å²) in [6.45, 7) is 4.40. The quantitative estimate of drug-likeness (QED) is 0.673. The van der Waals surface area contributed by atoms with E-state index in [4.69, 9.17) is 16.3 Å². The maximum atomic E-state index is 12.5. The highest BCUT2D eigenvalue weighted by molar-refractivity contribution is 6.30. The fourth-order valence-corrected chi connectivity index (χ4v) is 2.75. The van der Waals surface area contributed by atoms with E-state index >= 15 is 0 Å². The van der Waals surface area contributed by atoms with Crippen LogP contribution >= 0.6 is 11.6 Å². The Kier molecular flexibility index (Phi) is 5.58. The van der Waals surface area contributed by atoms with Crippen LogP contribution in [0.15, 0.2) is 53.3 Å². The number of H-pyrrole nitrogens is 1. The fraction of sp³-hybridized carbons (Fsp3) is 0.200. The number of aromatic nitrogens is 2. The molecule has 2 N–H and O–H groups in total. The first-order valence-electron chi connectivity index (χ1n) is 8.39. The van der Waals surface area contributed by atoms with Crippen molar-refractivity contribution in [1.82, 2.24) is 9.97 Å². The molecule has 0 aliphatic rings. The molecule has 0 bridgehead atoms. The first-order valence-corrected chi connectivity index (χ1v) is 8.77. The fourth-order valence-electron chi connectivity index (χ4n) is 2.62. The minimum Gasteiger partial charge on any atom is -0.494 e. The molecule has 134 valence electrons. The minimum atomic E-state index is -0.152. The van der Waals surface area contributed by atoms with Crippen molar-refractivity contribution < 1.29 is 4.74 Å². The third-order valence-corrected chi connectivity index (χ3v) is 4.20. The Bertz CT molecular complexity index is 935. The average molecular weight is 370 g/mol. The molecule has 0 aliphatic heterocycles. The smallest absolute Gasteiger partial charge is 0.256 e. The van der Waals surface area contributed by atoms with E-state index < -0.39 is 0 Å². The Morgan fingerprint density at radius 1 is 1.12 bits per heavy atom. The van der Waals surface area contributed by atoms with Crippen molar-refractivity contribution in [2.24, 2.45) is 0 Å². The van der Waals surface area contributed by atoms with Gasteiger partial charge in [-0.3, -0.25) is 9.78 Å². The first-order chi connectivity index (χ1) is 12.5. The molecule has 3 aromatic rings. The van der Waals surface area contributed by atoms with E-state index in [0.29, 0.717) is 35.3 Å². The highest BCUT2D eigenvalue weighted by atomic mass is 35.5. The number of rotatable bonds is 6. The molecular formula is C20H20ClN3O2. The summed E-state index contributed by atoms with van der Waals surface area (Å²) < 4.78 is 5.42. The van der Waals surface area contributed by atoms with Gasteiger partial charge in [-0.05, 0) is 55.8 Å². The van der Waals surface area contributed by atoms with Crippen molar-refractivity contribution >= 4 is 23.2 Å². The molecule has 0 fully saturated rings. The minimum absolute atomic E-state index is 0.152. The Balaban J connectivity index is 1.78. The van der Waals surface area contributed by atoms with Gasteiger partial charge in [0.05, 0.1) is 12.3 Å². The van der Waals surface area contributed by atoms with Gasteiger partial charge in [0.15, 0.2) is 0 Å². The number of ether oxygens (including phenoxy) is 1. The van der Waals surface area contributed by atoms with Crippen LogP contribution in [0.5, 0.6) is 5.75 Å². The molecule has 0 atom stereocenters. The van der Waals surface area contributed by atoms with Crippen LogP contribution in [-0.4, -0.2) is 16.6 Å². The summed E-state index contributed by atoms with van der Waals surface area (Å²) in [7, 11) is 0. The Hall–Kier alpha value is -2.79. The van der Waals surface area contributed by atoms with E-state index in [-0.39, 0.29) is 5.56 Å². The zero-order chi connectivity index (χ0) is 18.5. The average Bonchev–Trinajstić information content (AvgIpc) is 2.62. The Morgan fingerprint density at radius 3 is 2.42 bits per heavy atom. The molecule has 0 radical (unpaired) electrons. The SMILES string of the molecule is CCOc1ccc(Nc2nc(C)c(Cc3ccc(Cl)cc3)c(=O)[nH]2)cc1. The van der Waals surface area contributed by atoms with E-state index in [2.05, 4.69) is 15.3 Å². The van der Waals surface area contributed by atoms with Crippen molar-refractivity contribution in [3.8, 4) is 5.75 Å². The zero-order valence-corrected chi connectivity index (χ0v) is 15.4. The number of anilines is 2. The van der Waals surface area contributed by atoms with E-state index in [1.165, 1.54) is 0 Å². The van der Waals surface area contributed by atoms with Gasteiger partial charge >= 0.3 is 0 Å². The van der Waals surface area contributed by atoms with Gasteiger partial charge in [0.2, 0.25) is 5.95 Å². The monoisotopic (exact) mass is 369 g/mol. The molecular weight excluding hydrogens is 350 g/mol. The van der Waals surface area contributed by atoms with Crippen molar-refractivity contribution in [2.75, 3.05) is 11.9 Å².